The minimum atomic E-state index is -0.316. The Morgan fingerprint density at radius 3 is 2.64 bits per heavy atom. The summed E-state index contributed by atoms with van der Waals surface area (Å²) < 4.78 is 13.3. The molecule has 0 atom stereocenters. The Labute approximate surface area is 145 Å². The van der Waals surface area contributed by atoms with Gasteiger partial charge in [0.1, 0.15) is 11.5 Å². The zero-order chi connectivity index (χ0) is 17.4. The summed E-state index contributed by atoms with van der Waals surface area (Å²) in [4.78, 5) is 31.4. The van der Waals surface area contributed by atoms with E-state index in [2.05, 4.69) is 15.2 Å². The van der Waals surface area contributed by atoms with Crippen molar-refractivity contribution in [1.29, 1.82) is 0 Å². The van der Waals surface area contributed by atoms with Crippen LogP contribution in [0.1, 0.15) is 23.3 Å². The topological polar surface area (TPSA) is 68.4 Å². The number of piperazine rings is 1. The van der Waals surface area contributed by atoms with Crippen LogP contribution in [0.4, 0.5) is 4.39 Å². The summed E-state index contributed by atoms with van der Waals surface area (Å²) in [6.45, 7) is 2.92. The summed E-state index contributed by atoms with van der Waals surface area (Å²) in [6, 6.07) is 6.49. The normalized spacial score (nSPS) is 18.5. The van der Waals surface area contributed by atoms with Crippen LogP contribution in [-0.4, -0.2) is 65.4 Å². The lowest BCUT2D eigenvalue weighted by atomic mass is 10.2. The fourth-order valence-corrected chi connectivity index (χ4v) is 3.20. The first-order valence-corrected chi connectivity index (χ1v) is 8.68. The van der Waals surface area contributed by atoms with Crippen LogP contribution in [0.15, 0.2) is 24.3 Å². The van der Waals surface area contributed by atoms with Crippen molar-refractivity contribution in [3.8, 4) is 0 Å². The van der Waals surface area contributed by atoms with E-state index in [0.717, 1.165) is 18.4 Å². The van der Waals surface area contributed by atoms with E-state index >= 15 is 0 Å². The Hall–Kier alpha value is -2.41. The number of H-pyrrole nitrogens is 1. The van der Waals surface area contributed by atoms with Gasteiger partial charge in [-0.05, 0) is 37.1 Å². The second kappa shape index (κ2) is 6.48. The Kier molecular flexibility index (Phi) is 4.17. The van der Waals surface area contributed by atoms with E-state index in [4.69, 9.17) is 0 Å². The zero-order valence-electron chi connectivity index (χ0n) is 13.9. The molecular weight excluding hydrogens is 323 g/mol. The predicted molar refractivity (Wildman–Crippen MR) is 91.8 cm³/mol. The van der Waals surface area contributed by atoms with Gasteiger partial charge in [0.2, 0.25) is 5.91 Å². The van der Waals surface area contributed by atoms with Crippen molar-refractivity contribution in [2.45, 2.75) is 18.9 Å². The number of benzene rings is 1. The molecule has 4 rings (SSSR count). The van der Waals surface area contributed by atoms with Crippen LogP contribution in [0.2, 0.25) is 0 Å². The number of nitrogens with zero attached hydrogens (tertiary/aromatic N) is 2. The molecule has 2 amide bonds. The maximum atomic E-state index is 13.3. The average Bonchev–Trinajstić information content (AvgIpc) is 3.30. The molecule has 25 heavy (non-hydrogen) atoms. The molecule has 7 heteroatoms. The lowest BCUT2D eigenvalue weighted by Crippen LogP contribution is -2.51. The molecule has 0 bridgehead atoms. The van der Waals surface area contributed by atoms with Crippen LogP contribution in [0.5, 0.6) is 0 Å². The highest BCUT2D eigenvalue weighted by atomic mass is 19.1. The minimum absolute atomic E-state index is 0.0694. The highest BCUT2D eigenvalue weighted by molar-refractivity contribution is 5.98. The van der Waals surface area contributed by atoms with Crippen molar-refractivity contribution >= 4 is 22.7 Å². The highest BCUT2D eigenvalue weighted by Crippen LogP contribution is 2.19. The summed E-state index contributed by atoms with van der Waals surface area (Å²) in [7, 11) is 0. The van der Waals surface area contributed by atoms with Crippen LogP contribution in [0, 0.1) is 5.82 Å². The molecule has 1 aliphatic heterocycles. The Balaban J connectivity index is 1.34. The first-order chi connectivity index (χ1) is 12.1. The van der Waals surface area contributed by atoms with Gasteiger partial charge in [0.15, 0.2) is 0 Å². The molecule has 0 unspecified atom stereocenters. The first-order valence-electron chi connectivity index (χ1n) is 8.68. The molecule has 2 aliphatic rings. The van der Waals surface area contributed by atoms with E-state index in [9.17, 15) is 14.0 Å². The van der Waals surface area contributed by atoms with Gasteiger partial charge in [-0.3, -0.25) is 14.5 Å². The Bertz CT molecular complexity index is 807. The molecule has 1 aliphatic carbocycles. The molecule has 2 heterocycles. The number of aromatic nitrogens is 1. The number of rotatable bonds is 4. The fourth-order valence-electron chi connectivity index (χ4n) is 3.20. The molecule has 132 valence electrons. The van der Waals surface area contributed by atoms with E-state index in [1.165, 1.54) is 12.1 Å². The van der Waals surface area contributed by atoms with Gasteiger partial charge in [0.05, 0.1) is 6.54 Å². The standard InChI is InChI=1S/C18H21FN4O2/c19-13-1-4-15-12(9-13)10-16(21-15)18(25)23-7-5-22(6-8-23)11-17(24)20-14-2-3-14/h1,4,9-10,14,21H,2-3,5-8,11H2,(H,20,24). The van der Waals surface area contributed by atoms with Crippen LogP contribution >= 0.6 is 0 Å². The minimum Gasteiger partial charge on any atom is -0.352 e. The number of carbonyl (C=O) groups is 2. The zero-order valence-corrected chi connectivity index (χ0v) is 13.9. The van der Waals surface area contributed by atoms with Crippen molar-refractivity contribution in [3.63, 3.8) is 0 Å². The van der Waals surface area contributed by atoms with E-state index in [1.54, 1.807) is 17.0 Å². The lowest BCUT2D eigenvalue weighted by molar-refractivity contribution is -0.122. The SMILES string of the molecule is O=C(CN1CCN(C(=O)c2cc3cc(F)ccc3[nH]2)CC1)NC1CC1. The Morgan fingerprint density at radius 1 is 1.16 bits per heavy atom. The van der Waals surface area contributed by atoms with Gasteiger partial charge in [0.25, 0.3) is 5.91 Å². The molecule has 0 spiro atoms. The summed E-state index contributed by atoms with van der Waals surface area (Å²) in [6.07, 6.45) is 2.17. The number of hydrogen-bond acceptors (Lipinski definition) is 3. The average molecular weight is 344 g/mol. The number of carbonyl (C=O) groups excluding carboxylic acids is 2. The second-order valence-corrected chi connectivity index (χ2v) is 6.82. The predicted octanol–water partition coefficient (Wildman–Crippen LogP) is 1.34. The fraction of sp³-hybridized carbons (Fsp3) is 0.444. The van der Waals surface area contributed by atoms with E-state index < -0.39 is 0 Å². The molecule has 2 fully saturated rings. The lowest BCUT2D eigenvalue weighted by Gasteiger charge is -2.34. The van der Waals surface area contributed by atoms with Crippen molar-refractivity contribution in [1.82, 2.24) is 20.1 Å². The molecule has 1 saturated heterocycles. The maximum absolute atomic E-state index is 13.3. The quantitative estimate of drug-likeness (QED) is 0.880. The van der Waals surface area contributed by atoms with Crippen LogP contribution in [0.3, 0.4) is 0 Å². The number of amides is 2. The van der Waals surface area contributed by atoms with Crippen LogP contribution in [-0.2, 0) is 4.79 Å². The van der Waals surface area contributed by atoms with E-state index in [-0.39, 0.29) is 17.6 Å². The number of aromatic amines is 1. The Morgan fingerprint density at radius 2 is 1.92 bits per heavy atom. The summed E-state index contributed by atoms with van der Waals surface area (Å²) in [5, 5.41) is 3.68. The van der Waals surface area contributed by atoms with Crippen molar-refractivity contribution < 1.29 is 14.0 Å². The number of fused-ring (bicyclic) bond motifs is 1. The van der Waals surface area contributed by atoms with Gasteiger partial charge in [-0.2, -0.15) is 0 Å². The third-order valence-corrected chi connectivity index (χ3v) is 4.78. The second-order valence-electron chi connectivity index (χ2n) is 6.82. The van der Waals surface area contributed by atoms with Gasteiger partial charge in [-0.25, -0.2) is 4.39 Å². The summed E-state index contributed by atoms with van der Waals surface area (Å²) in [5.74, 6) is -0.331. The summed E-state index contributed by atoms with van der Waals surface area (Å²) >= 11 is 0. The van der Waals surface area contributed by atoms with Gasteiger partial charge < -0.3 is 15.2 Å². The molecular formula is C18H21FN4O2. The van der Waals surface area contributed by atoms with Crippen molar-refractivity contribution in [2.75, 3.05) is 32.7 Å². The van der Waals surface area contributed by atoms with Gasteiger partial charge >= 0.3 is 0 Å². The molecule has 2 aromatic rings. The monoisotopic (exact) mass is 344 g/mol. The molecule has 1 aromatic carbocycles. The van der Waals surface area contributed by atoms with Crippen molar-refractivity contribution in [2.24, 2.45) is 0 Å². The largest absolute Gasteiger partial charge is 0.352 e. The van der Waals surface area contributed by atoms with Gasteiger partial charge in [0, 0.05) is 43.1 Å². The van der Waals surface area contributed by atoms with Gasteiger partial charge in [-0.15, -0.1) is 0 Å². The number of nitrogens with one attached hydrogen (secondary N) is 2. The molecule has 6 nitrogen and oxygen atoms in total. The number of halogens is 1. The molecule has 1 saturated carbocycles. The molecule has 2 N–H and O–H groups in total. The van der Waals surface area contributed by atoms with Crippen LogP contribution < -0.4 is 5.32 Å². The van der Waals surface area contributed by atoms with Gasteiger partial charge in [-0.1, -0.05) is 0 Å². The van der Waals surface area contributed by atoms with Crippen LogP contribution in [0.25, 0.3) is 10.9 Å². The third kappa shape index (κ3) is 3.66. The molecule has 0 radical (unpaired) electrons. The molecule has 1 aromatic heterocycles. The third-order valence-electron chi connectivity index (χ3n) is 4.78. The first kappa shape index (κ1) is 16.1. The highest BCUT2D eigenvalue weighted by Gasteiger charge is 2.27. The van der Waals surface area contributed by atoms with Crippen molar-refractivity contribution in [3.05, 3.63) is 35.8 Å². The maximum Gasteiger partial charge on any atom is 0.270 e. The van der Waals surface area contributed by atoms with E-state index in [1.807, 2.05) is 0 Å². The van der Waals surface area contributed by atoms with E-state index in [0.29, 0.717) is 49.8 Å². The summed E-state index contributed by atoms with van der Waals surface area (Å²) in [5.41, 5.74) is 1.22. The smallest absolute Gasteiger partial charge is 0.270 e. The number of hydrogen-bond donors (Lipinski definition) is 2.